The highest BCUT2D eigenvalue weighted by molar-refractivity contribution is 5.79. The summed E-state index contributed by atoms with van der Waals surface area (Å²) in [6.07, 6.45) is 3.03. The summed E-state index contributed by atoms with van der Waals surface area (Å²) in [5, 5.41) is 7.07. The third-order valence-corrected chi connectivity index (χ3v) is 1.14. The lowest BCUT2D eigenvalue weighted by molar-refractivity contribution is 0.0836. The van der Waals surface area contributed by atoms with Crippen LogP contribution in [-0.4, -0.2) is 20.9 Å². The normalized spacial score (nSPS) is 10.3. The van der Waals surface area contributed by atoms with Crippen LogP contribution in [0.25, 0.3) is 0 Å². The Hall–Kier alpha value is -1.19. The zero-order chi connectivity index (χ0) is 7.56. The molecule has 0 saturated carbocycles. The highest BCUT2D eigenvalue weighted by Gasteiger charge is 2.08. The number of aromatic nitrogens is 3. The Morgan fingerprint density at radius 3 is 2.70 bits per heavy atom. The number of hydrogen-bond acceptors (Lipinski definition) is 3. The Balaban J connectivity index is 2.78. The maximum Gasteiger partial charge on any atom is 0.250 e. The van der Waals surface area contributed by atoms with Crippen LogP contribution in [0, 0.1) is 5.92 Å². The Labute approximate surface area is 58.8 Å². The van der Waals surface area contributed by atoms with Crippen LogP contribution in [0.2, 0.25) is 0 Å². The minimum Gasteiger partial charge on any atom is -0.272 e. The van der Waals surface area contributed by atoms with Crippen molar-refractivity contribution < 1.29 is 4.79 Å². The lowest BCUT2D eigenvalue weighted by Crippen LogP contribution is -2.17. The van der Waals surface area contributed by atoms with Crippen LogP contribution in [-0.2, 0) is 0 Å². The second-order valence-electron chi connectivity index (χ2n) is 2.34. The van der Waals surface area contributed by atoms with Gasteiger partial charge in [-0.1, -0.05) is 19.1 Å². The maximum atomic E-state index is 11.1. The average molecular weight is 139 g/mol. The quantitative estimate of drug-likeness (QED) is 0.571. The molecule has 1 rings (SSSR count). The fraction of sp³-hybridized carbons (Fsp3) is 0.500. The smallest absolute Gasteiger partial charge is 0.250 e. The molecular weight excluding hydrogens is 130 g/mol. The second-order valence-corrected chi connectivity index (χ2v) is 2.34. The van der Waals surface area contributed by atoms with Crippen molar-refractivity contribution in [3.05, 3.63) is 12.4 Å². The first kappa shape index (κ1) is 6.92. The third kappa shape index (κ3) is 1.21. The van der Waals surface area contributed by atoms with Gasteiger partial charge in [0.25, 0.3) is 5.91 Å². The summed E-state index contributed by atoms with van der Waals surface area (Å²) in [4.78, 5) is 11.1. The van der Waals surface area contributed by atoms with Crippen LogP contribution in [0.1, 0.15) is 18.6 Å². The van der Waals surface area contributed by atoms with E-state index >= 15 is 0 Å². The first-order valence-electron chi connectivity index (χ1n) is 3.12. The minimum absolute atomic E-state index is 0.0262. The fourth-order valence-electron chi connectivity index (χ4n) is 0.590. The first-order valence-corrected chi connectivity index (χ1v) is 3.12. The van der Waals surface area contributed by atoms with Gasteiger partial charge in [-0.2, -0.15) is 4.68 Å². The lowest BCUT2D eigenvalue weighted by Gasteiger charge is -1.99. The maximum absolute atomic E-state index is 11.1. The van der Waals surface area contributed by atoms with Crippen LogP contribution in [0.5, 0.6) is 0 Å². The molecule has 1 heterocycles. The van der Waals surface area contributed by atoms with Gasteiger partial charge < -0.3 is 0 Å². The summed E-state index contributed by atoms with van der Waals surface area (Å²) in [6, 6.07) is 0. The van der Waals surface area contributed by atoms with Crippen LogP contribution in [0.15, 0.2) is 12.4 Å². The highest BCUT2D eigenvalue weighted by atomic mass is 16.2. The van der Waals surface area contributed by atoms with Gasteiger partial charge in [0, 0.05) is 5.92 Å². The summed E-state index contributed by atoms with van der Waals surface area (Å²) in [6.45, 7) is 3.65. The molecule has 4 nitrogen and oxygen atoms in total. The zero-order valence-electron chi connectivity index (χ0n) is 5.98. The number of carbonyl (C=O) groups excluding carboxylic acids is 1. The largest absolute Gasteiger partial charge is 0.272 e. The molecular formula is C6H9N3O. The van der Waals surface area contributed by atoms with Crippen molar-refractivity contribution in [2.45, 2.75) is 13.8 Å². The molecule has 0 aliphatic heterocycles. The molecule has 54 valence electrons. The average Bonchev–Trinajstić information content (AvgIpc) is 2.36. The predicted molar refractivity (Wildman–Crippen MR) is 35.5 cm³/mol. The Morgan fingerprint density at radius 2 is 2.30 bits per heavy atom. The van der Waals surface area contributed by atoms with E-state index in [1.165, 1.54) is 10.9 Å². The van der Waals surface area contributed by atoms with Crippen molar-refractivity contribution >= 4 is 5.91 Å². The standard InChI is InChI=1S/C6H9N3O/c1-5(2)6(10)9-4-3-7-8-9/h3-5H,1-2H3. The van der Waals surface area contributed by atoms with Crippen molar-refractivity contribution in [1.29, 1.82) is 0 Å². The zero-order valence-corrected chi connectivity index (χ0v) is 5.98. The molecule has 0 N–H and O–H groups in total. The van der Waals surface area contributed by atoms with Crippen molar-refractivity contribution in [3.63, 3.8) is 0 Å². The van der Waals surface area contributed by atoms with Crippen molar-refractivity contribution in [3.8, 4) is 0 Å². The van der Waals surface area contributed by atoms with Crippen molar-refractivity contribution in [2.75, 3.05) is 0 Å². The van der Waals surface area contributed by atoms with Crippen LogP contribution < -0.4 is 0 Å². The van der Waals surface area contributed by atoms with Gasteiger partial charge in [0.2, 0.25) is 0 Å². The molecule has 1 aromatic heterocycles. The Kier molecular flexibility index (Phi) is 1.80. The molecule has 0 saturated heterocycles. The van der Waals surface area contributed by atoms with E-state index in [0.29, 0.717) is 0 Å². The highest BCUT2D eigenvalue weighted by Crippen LogP contribution is 1.95. The molecule has 0 aliphatic carbocycles. The summed E-state index contributed by atoms with van der Waals surface area (Å²) in [5.74, 6) is -0.0563. The van der Waals surface area contributed by atoms with E-state index in [1.807, 2.05) is 13.8 Å². The molecule has 4 heteroatoms. The number of carbonyl (C=O) groups is 1. The van der Waals surface area contributed by atoms with E-state index in [0.717, 1.165) is 0 Å². The van der Waals surface area contributed by atoms with E-state index in [2.05, 4.69) is 10.3 Å². The lowest BCUT2D eigenvalue weighted by atomic mass is 10.2. The minimum atomic E-state index is -0.0301. The molecule has 0 bridgehead atoms. The van der Waals surface area contributed by atoms with Gasteiger partial charge >= 0.3 is 0 Å². The molecule has 0 aromatic carbocycles. The summed E-state index contributed by atoms with van der Waals surface area (Å²) in [7, 11) is 0. The first-order chi connectivity index (χ1) is 4.72. The summed E-state index contributed by atoms with van der Waals surface area (Å²) in [5.41, 5.74) is 0. The molecule has 1 aromatic rings. The van der Waals surface area contributed by atoms with Gasteiger partial charge in [-0.15, -0.1) is 5.10 Å². The molecule has 0 spiro atoms. The van der Waals surface area contributed by atoms with E-state index in [9.17, 15) is 4.79 Å². The van der Waals surface area contributed by atoms with E-state index in [-0.39, 0.29) is 11.8 Å². The fourth-order valence-corrected chi connectivity index (χ4v) is 0.590. The molecule has 10 heavy (non-hydrogen) atoms. The molecule has 0 amide bonds. The number of nitrogens with zero attached hydrogens (tertiary/aromatic N) is 3. The van der Waals surface area contributed by atoms with E-state index < -0.39 is 0 Å². The SMILES string of the molecule is CC(C)C(=O)n1ccnn1. The van der Waals surface area contributed by atoms with Gasteiger partial charge in [-0.3, -0.25) is 4.79 Å². The van der Waals surface area contributed by atoms with Crippen LogP contribution >= 0.6 is 0 Å². The third-order valence-electron chi connectivity index (χ3n) is 1.14. The van der Waals surface area contributed by atoms with Gasteiger partial charge in [0.15, 0.2) is 0 Å². The molecule has 0 radical (unpaired) electrons. The summed E-state index contributed by atoms with van der Waals surface area (Å²) < 4.78 is 1.24. The molecule has 0 unspecified atom stereocenters. The number of hydrogen-bond donors (Lipinski definition) is 0. The van der Waals surface area contributed by atoms with Crippen LogP contribution in [0.4, 0.5) is 0 Å². The van der Waals surface area contributed by atoms with Crippen LogP contribution in [0.3, 0.4) is 0 Å². The predicted octanol–water partition coefficient (Wildman–Crippen LogP) is 0.574. The van der Waals surface area contributed by atoms with Gasteiger partial charge in [-0.25, -0.2) is 0 Å². The van der Waals surface area contributed by atoms with E-state index in [1.54, 1.807) is 6.20 Å². The van der Waals surface area contributed by atoms with Crippen molar-refractivity contribution in [2.24, 2.45) is 5.92 Å². The summed E-state index contributed by atoms with van der Waals surface area (Å²) >= 11 is 0. The van der Waals surface area contributed by atoms with Crippen molar-refractivity contribution in [1.82, 2.24) is 15.0 Å². The second kappa shape index (κ2) is 2.60. The number of rotatable bonds is 1. The molecule has 0 atom stereocenters. The monoisotopic (exact) mass is 139 g/mol. The van der Waals surface area contributed by atoms with Gasteiger partial charge in [-0.05, 0) is 0 Å². The Bertz CT molecular complexity index is 215. The van der Waals surface area contributed by atoms with E-state index in [4.69, 9.17) is 0 Å². The Morgan fingerprint density at radius 1 is 1.60 bits per heavy atom. The van der Waals surface area contributed by atoms with Gasteiger partial charge in [0.1, 0.15) is 0 Å². The molecule has 0 aliphatic rings. The molecule has 0 fully saturated rings. The topological polar surface area (TPSA) is 47.8 Å². The van der Waals surface area contributed by atoms with Gasteiger partial charge in [0.05, 0.1) is 12.4 Å².